The number of carbonyl (C=O) groups is 4. The molecule has 2 saturated carbocycles. The van der Waals surface area contributed by atoms with Gasteiger partial charge >= 0.3 is 12.1 Å². The van der Waals surface area contributed by atoms with E-state index in [0.717, 1.165) is 36.1 Å². The Morgan fingerprint density at radius 1 is 0.982 bits per heavy atom. The van der Waals surface area contributed by atoms with Crippen LogP contribution in [0.3, 0.4) is 0 Å². The Balaban J connectivity index is 1.01. The van der Waals surface area contributed by atoms with E-state index in [2.05, 4.69) is 16.5 Å². The summed E-state index contributed by atoms with van der Waals surface area (Å²) in [6, 6.07) is 14.4. The third-order valence-corrected chi connectivity index (χ3v) is 12.7. The van der Waals surface area contributed by atoms with Crippen LogP contribution in [0.4, 0.5) is 13.2 Å². The summed E-state index contributed by atoms with van der Waals surface area (Å²) in [5.41, 5.74) is -1.26. The minimum atomic E-state index is -4.69. The van der Waals surface area contributed by atoms with Gasteiger partial charge < -0.3 is 29.7 Å². The normalized spacial score (nSPS) is 24.7. The number of nitrogens with one attached hydrogen (secondary N) is 1. The number of halogens is 3. The van der Waals surface area contributed by atoms with Crippen molar-refractivity contribution in [2.45, 2.75) is 63.4 Å². The van der Waals surface area contributed by atoms with Crippen LogP contribution in [-0.4, -0.2) is 107 Å². The van der Waals surface area contributed by atoms with Gasteiger partial charge in [-0.25, -0.2) is 4.79 Å². The van der Waals surface area contributed by atoms with Gasteiger partial charge in [0.05, 0.1) is 73.4 Å². The fraction of sp³-hybridized carbons (Fsp3) is 0.512. The number of likely N-dealkylation sites (tertiary alicyclic amines) is 2. The van der Waals surface area contributed by atoms with Gasteiger partial charge in [-0.2, -0.15) is 23.5 Å². The number of hydrogen-bond donors (Lipinski definition) is 2. The third kappa shape index (κ3) is 7.38. The molecule has 4 saturated heterocycles. The van der Waals surface area contributed by atoms with Crippen molar-refractivity contribution in [1.82, 2.24) is 24.9 Å². The maximum absolute atomic E-state index is 14.5. The zero-order valence-corrected chi connectivity index (χ0v) is 31.2. The monoisotopic (exact) mass is 788 g/mol. The lowest BCUT2D eigenvalue weighted by atomic mass is 9.70. The van der Waals surface area contributed by atoms with Crippen LogP contribution in [0.15, 0.2) is 60.9 Å². The molecule has 300 valence electrons. The van der Waals surface area contributed by atoms with E-state index in [0.29, 0.717) is 30.9 Å². The van der Waals surface area contributed by atoms with Gasteiger partial charge in [-0.05, 0) is 73.9 Å². The number of hydrogen-bond acceptors (Lipinski definition) is 8. The van der Waals surface area contributed by atoms with E-state index in [-0.39, 0.29) is 68.3 Å². The van der Waals surface area contributed by atoms with E-state index in [9.17, 15) is 37.5 Å². The van der Waals surface area contributed by atoms with Crippen LogP contribution in [0.25, 0.3) is 0 Å². The van der Waals surface area contributed by atoms with Gasteiger partial charge in [0, 0.05) is 43.2 Å². The number of amides is 3. The first kappa shape index (κ1) is 38.6. The van der Waals surface area contributed by atoms with Crippen molar-refractivity contribution in [2.24, 2.45) is 22.2 Å². The lowest BCUT2D eigenvalue weighted by Gasteiger charge is -2.51. The lowest BCUT2D eigenvalue weighted by molar-refractivity contribution is -0.205. The zero-order valence-electron chi connectivity index (χ0n) is 31.2. The Morgan fingerprint density at radius 2 is 1.67 bits per heavy atom. The zero-order chi connectivity index (χ0) is 40.2. The number of alkyl halides is 3. The summed E-state index contributed by atoms with van der Waals surface area (Å²) >= 11 is 0. The fourth-order valence-electron chi connectivity index (χ4n) is 9.06. The third-order valence-electron chi connectivity index (χ3n) is 12.7. The summed E-state index contributed by atoms with van der Waals surface area (Å²) in [4.78, 5) is 56.0. The molecule has 2 bridgehead atoms. The van der Waals surface area contributed by atoms with Crippen LogP contribution in [-0.2, 0) is 25.6 Å². The topological polar surface area (TPSA) is 167 Å². The van der Waals surface area contributed by atoms with E-state index in [1.165, 1.54) is 23.2 Å². The highest BCUT2D eigenvalue weighted by Gasteiger charge is 2.71. The summed E-state index contributed by atoms with van der Waals surface area (Å²) in [6.07, 6.45) is 1.88. The van der Waals surface area contributed by atoms with Gasteiger partial charge in [0.15, 0.2) is 0 Å². The van der Waals surface area contributed by atoms with E-state index in [4.69, 9.17) is 14.7 Å². The summed E-state index contributed by atoms with van der Waals surface area (Å²) in [5, 5.41) is 26.0. The summed E-state index contributed by atoms with van der Waals surface area (Å²) in [7, 11) is 0. The average Bonchev–Trinajstić information content (AvgIpc) is 3.74. The molecule has 4 aliphatic heterocycles. The number of fused-ring (bicyclic) bond motifs is 3. The molecule has 6 fully saturated rings. The van der Waals surface area contributed by atoms with Gasteiger partial charge in [-0.3, -0.25) is 19.1 Å². The Kier molecular flexibility index (Phi) is 9.88. The number of carboxylic acid groups (broad SMARTS) is 1. The number of nitriles is 1. The van der Waals surface area contributed by atoms with Gasteiger partial charge in [0.25, 0.3) is 5.91 Å². The fourth-order valence-corrected chi connectivity index (χ4v) is 9.06. The van der Waals surface area contributed by atoms with Crippen molar-refractivity contribution in [1.29, 1.82) is 5.26 Å². The van der Waals surface area contributed by atoms with Gasteiger partial charge in [0.1, 0.15) is 5.41 Å². The number of ether oxygens (including phenoxy) is 2. The van der Waals surface area contributed by atoms with Crippen LogP contribution in [0.5, 0.6) is 0 Å². The van der Waals surface area contributed by atoms with Crippen molar-refractivity contribution in [2.75, 3.05) is 46.0 Å². The molecular formula is C41H43F3N6O7. The molecule has 5 heterocycles. The number of aromatic carboxylic acids is 1. The molecule has 2 aromatic carbocycles. The second-order valence-corrected chi connectivity index (χ2v) is 16.6. The second-order valence-electron chi connectivity index (χ2n) is 16.6. The number of carbonyl (C=O) groups excluding carboxylic acids is 3. The molecule has 2 aliphatic carbocycles. The predicted molar refractivity (Wildman–Crippen MR) is 194 cm³/mol. The van der Waals surface area contributed by atoms with Crippen LogP contribution in [0, 0.1) is 33.5 Å². The Hall–Kier alpha value is -5.27. The highest BCUT2D eigenvalue weighted by atomic mass is 19.4. The molecule has 2 atom stereocenters. The lowest BCUT2D eigenvalue weighted by Crippen LogP contribution is -2.66. The number of aromatic nitrogens is 2. The Labute approximate surface area is 326 Å². The summed E-state index contributed by atoms with van der Waals surface area (Å²) < 4.78 is 55.7. The largest absolute Gasteiger partial charge is 0.478 e. The van der Waals surface area contributed by atoms with E-state index in [1.807, 2.05) is 0 Å². The van der Waals surface area contributed by atoms with Crippen LogP contribution in [0.2, 0.25) is 0 Å². The van der Waals surface area contributed by atoms with Crippen LogP contribution in [0.1, 0.15) is 82.0 Å². The Morgan fingerprint density at radius 3 is 2.26 bits per heavy atom. The SMILES string of the molecule is N#Cc1ccc(Cn2cc(C(=O)N3CC(C(=O)NC(COCC45CCC(CC4)OC5)c4ccc(C(=O)O)cc4)C4(C3)CN(C(=O)C3(C(F)(F)F)CC3)C4)cn2)cc1. The van der Waals surface area contributed by atoms with E-state index in [1.54, 1.807) is 47.3 Å². The summed E-state index contributed by atoms with van der Waals surface area (Å²) in [6.45, 7) is 1.13. The molecule has 2 N–H and O–H groups in total. The van der Waals surface area contributed by atoms with Crippen molar-refractivity contribution < 1.29 is 46.9 Å². The van der Waals surface area contributed by atoms with Crippen LogP contribution < -0.4 is 5.32 Å². The molecule has 3 aromatic rings. The van der Waals surface area contributed by atoms with Crippen LogP contribution >= 0.6 is 0 Å². The molecular weight excluding hydrogens is 745 g/mol. The molecule has 13 nitrogen and oxygen atoms in total. The number of rotatable bonds is 12. The maximum Gasteiger partial charge on any atom is 0.403 e. The van der Waals surface area contributed by atoms with E-state index >= 15 is 0 Å². The molecule has 3 amide bonds. The smallest absolute Gasteiger partial charge is 0.403 e. The Bertz CT molecular complexity index is 2060. The average molecular weight is 789 g/mol. The molecule has 1 aromatic heterocycles. The first-order valence-electron chi connectivity index (χ1n) is 19.2. The number of nitrogens with zero attached hydrogens (tertiary/aromatic N) is 5. The molecule has 16 heteroatoms. The standard InChI is InChI=1S/C41H43F3N6O7/c42-41(43,44)40(13-14-40)37(55)49-22-39(23-49)21-48(35(52)30-16-46-50(18-30)17-27-3-1-26(15-45)2-4-27)19-32(39)34(51)47-33(28-5-7-29(8-6-28)36(53)54)20-56-24-38-11-9-31(10-12-38)57-25-38/h1-8,16,18,31-33H,9-14,17,19-25H2,(H,47,51)(H,53,54). The number of carboxylic acids is 1. The van der Waals surface area contributed by atoms with Gasteiger partial charge in [-0.1, -0.05) is 24.3 Å². The molecule has 0 radical (unpaired) electrons. The van der Waals surface area contributed by atoms with Crippen molar-refractivity contribution >= 4 is 23.7 Å². The highest BCUT2D eigenvalue weighted by Crippen LogP contribution is 2.60. The quantitative estimate of drug-likeness (QED) is 0.267. The first-order chi connectivity index (χ1) is 27.2. The minimum absolute atomic E-state index is 0.0332. The highest BCUT2D eigenvalue weighted by molar-refractivity contribution is 5.95. The minimum Gasteiger partial charge on any atom is -0.478 e. The second kappa shape index (κ2) is 14.6. The van der Waals surface area contributed by atoms with Gasteiger partial charge in [-0.15, -0.1) is 0 Å². The summed E-state index contributed by atoms with van der Waals surface area (Å²) in [5.74, 6) is -3.87. The maximum atomic E-state index is 14.5. The van der Waals surface area contributed by atoms with Crippen molar-refractivity contribution in [3.05, 3.63) is 88.7 Å². The van der Waals surface area contributed by atoms with Crippen molar-refractivity contribution in [3.8, 4) is 6.07 Å². The molecule has 9 rings (SSSR count). The number of benzene rings is 2. The van der Waals surface area contributed by atoms with E-state index < -0.39 is 52.7 Å². The molecule has 2 unspecified atom stereocenters. The van der Waals surface area contributed by atoms with Gasteiger partial charge in [0.2, 0.25) is 11.8 Å². The molecule has 1 spiro atoms. The van der Waals surface area contributed by atoms with Crippen molar-refractivity contribution in [3.63, 3.8) is 0 Å². The first-order valence-corrected chi connectivity index (χ1v) is 19.2. The molecule has 57 heavy (non-hydrogen) atoms. The predicted octanol–water partition coefficient (Wildman–Crippen LogP) is 4.58. The molecule has 6 aliphatic rings.